The van der Waals surface area contributed by atoms with Crippen LogP contribution in [0.4, 0.5) is 0 Å². The molecule has 7 nitrogen and oxygen atoms in total. The molecule has 0 atom stereocenters. The van der Waals surface area contributed by atoms with E-state index in [0.29, 0.717) is 30.2 Å². The number of rotatable bonds is 7. The first-order valence-corrected chi connectivity index (χ1v) is 11.4. The molecule has 8 heteroatoms. The number of carbonyl (C=O) groups excluding carboxylic acids is 1. The number of carbonyl (C=O) groups is 1. The molecule has 0 saturated carbocycles. The molecule has 0 aliphatic carbocycles. The van der Waals surface area contributed by atoms with Crippen molar-refractivity contribution in [2.24, 2.45) is 0 Å². The molecule has 2 aromatic carbocycles. The molecule has 0 radical (unpaired) electrons. The van der Waals surface area contributed by atoms with Crippen molar-refractivity contribution < 1.29 is 22.7 Å². The number of pyridine rings is 1. The van der Waals surface area contributed by atoms with Gasteiger partial charge in [-0.25, -0.2) is 13.2 Å². The first-order valence-electron chi connectivity index (χ1n) is 9.97. The summed E-state index contributed by atoms with van der Waals surface area (Å²) in [4.78, 5) is 16.7. The van der Waals surface area contributed by atoms with Crippen molar-refractivity contribution in [3.8, 4) is 11.5 Å². The van der Waals surface area contributed by atoms with E-state index in [-0.39, 0.29) is 17.1 Å². The summed E-state index contributed by atoms with van der Waals surface area (Å²) in [5.41, 5.74) is 0.867. The lowest BCUT2D eigenvalue weighted by atomic mass is 10.2. The average Bonchev–Trinajstić information content (AvgIpc) is 3.35. The van der Waals surface area contributed by atoms with Crippen molar-refractivity contribution in [3.05, 3.63) is 84.2 Å². The maximum absolute atomic E-state index is 12.8. The summed E-state index contributed by atoms with van der Waals surface area (Å²) in [6, 6.07) is 16.7. The largest absolute Gasteiger partial charge is 0.457 e. The van der Waals surface area contributed by atoms with E-state index in [1.54, 1.807) is 48.8 Å². The Hall–Kier alpha value is -3.23. The van der Waals surface area contributed by atoms with Gasteiger partial charge in [0.1, 0.15) is 18.1 Å². The van der Waals surface area contributed by atoms with Crippen molar-refractivity contribution in [2.75, 3.05) is 13.1 Å². The van der Waals surface area contributed by atoms with E-state index in [0.717, 1.165) is 12.8 Å². The molecule has 1 saturated heterocycles. The van der Waals surface area contributed by atoms with Gasteiger partial charge >= 0.3 is 5.97 Å². The van der Waals surface area contributed by atoms with Crippen LogP contribution in [-0.4, -0.2) is 36.8 Å². The fourth-order valence-corrected chi connectivity index (χ4v) is 4.91. The topological polar surface area (TPSA) is 85.8 Å². The fraction of sp³-hybridized carbons (Fsp3) is 0.217. The van der Waals surface area contributed by atoms with E-state index in [9.17, 15) is 13.2 Å². The van der Waals surface area contributed by atoms with E-state index in [1.165, 1.54) is 16.4 Å². The highest BCUT2D eigenvalue weighted by atomic mass is 32.2. The van der Waals surface area contributed by atoms with Gasteiger partial charge in [0.2, 0.25) is 10.0 Å². The molecule has 1 aliphatic heterocycles. The Kier molecular flexibility index (Phi) is 6.29. The van der Waals surface area contributed by atoms with Crippen LogP contribution in [0.25, 0.3) is 0 Å². The second kappa shape index (κ2) is 9.28. The highest BCUT2D eigenvalue weighted by Gasteiger charge is 2.27. The van der Waals surface area contributed by atoms with Crippen LogP contribution in [-0.2, 0) is 21.4 Å². The average molecular weight is 439 g/mol. The molecule has 160 valence electrons. The van der Waals surface area contributed by atoms with Crippen LogP contribution in [0.3, 0.4) is 0 Å². The molecule has 3 aromatic rings. The van der Waals surface area contributed by atoms with Crippen LogP contribution in [0, 0.1) is 0 Å². The summed E-state index contributed by atoms with van der Waals surface area (Å²) in [6.45, 7) is 0.994. The molecule has 0 unspecified atom stereocenters. The number of esters is 1. The van der Waals surface area contributed by atoms with E-state index < -0.39 is 16.0 Å². The van der Waals surface area contributed by atoms with E-state index in [4.69, 9.17) is 9.47 Å². The predicted octanol–water partition coefficient (Wildman–Crippen LogP) is 4.02. The molecule has 0 amide bonds. The zero-order valence-corrected chi connectivity index (χ0v) is 17.6. The molecular formula is C23H22N2O5S. The van der Waals surface area contributed by atoms with E-state index >= 15 is 0 Å². The molecule has 0 bridgehead atoms. The zero-order chi connectivity index (χ0) is 21.7. The summed E-state index contributed by atoms with van der Waals surface area (Å²) in [5.74, 6) is 0.518. The Balaban J connectivity index is 1.46. The number of aromatic nitrogens is 1. The minimum Gasteiger partial charge on any atom is -0.457 e. The third-order valence-corrected chi connectivity index (χ3v) is 6.86. The van der Waals surface area contributed by atoms with Gasteiger partial charge in [-0.1, -0.05) is 24.3 Å². The first kappa shape index (κ1) is 21.0. The summed E-state index contributed by atoms with van der Waals surface area (Å²) < 4.78 is 38.2. The number of benzene rings is 2. The summed E-state index contributed by atoms with van der Waals surface area (Å²) in [5, 5.41) is 0. The molecule has 1 aliphatic rings. The predicted molar refractivity (Wildman–Crippen MR) is 114 cm³/mol. The van der Waals surface area contributed by atoms with E-state index in [2.05, 4.69) is 4.98 Å². The van der Waals surface area contributed by atoms with Crippen LogP contribution in [0.1, 0.15) is 28.8 Å². The third kappa shape index (κ3) is 4.92. The number of para-hydroxylation sites is 1. The van der Waals surface area contributed by atoms with Gasteiger partial charge in [-0.15, -0.1) is 0 Å². The fourth-order valence-electron chi connectivity index (χ4n) is 3.34. The highest BCUT2D eigenvalue weighted by Crippen LogP contribution is 2.26. The normalized spacial score (nSPS) is 14.3. The van der Waals surface area contributed by atoms with Gasteiger partial charge in [0.05, 0.1) is 16.7 Å². The molecule has 0 spiro atoms. The Morgan fingerprint density at radius 1 is 1.00 bits per heavy atom. The SMILES string of the molecule is O=C(OCc1ccccc1Oc1cccnc1)c1cccc(S(=O)(=O)N2CCCC2)c1. The van der Waals surface area contributed by atoms with Crippen molar-refractivity contribution in [2.45, 2.75) is 24.3 Å². The number of sulfonamides is 1. The number of hydrogen-bond donors (Lipinski definition) is 0. The smallest absolute Gasteiger partial charge is 0.338 e. The molecule has 31 heavy (non-hydrogen) atoms. The summed E-state index contributed by atoms with van der Waals surface area (Å²) >= 11 is 0. The summed E-state index contributed by atoms with van der Waals surface area (Å²) in [6.07, 6.45) is 4.94. The molecule has 4 rings (SSSR count). The molecule has 0 N–H and O–H groups in total. The Morgan fingerprint density at radius 3 is 2.58 bits per heavy atom. The number of ether oxygens (including phenoxy) is 2. The second-order valence-corrected chi connectivity index (χ2v) is 9.05. The van der Waals surface area contributed by atoms with Crippen LogP contribution in [0.15, 0.2) is 78.0 Å². The standard InChI is InChI=1S/C23H22N2O5S/c26-23(18-8-5-10-21(15-18)31(27,28)25-13-3-4-14-25)29-17-19-7-1-2-11-22(19)30-20-9-6-12-24-16-20/h1-2,5-12,15-16H,3-4,13-14,17H2. The van der Waals surface area contributed by atoms with E-state index in [1.807, 2.05) is 12.1 Å². The maximum atomic E-state index is 12.8. The Morgan fingerprint density at radius 2 is 1.81 bits per heavy atom. The molecule has 2 heterocycles. The van der Waals surface area contributed by atoms with Crippen molar-refractivity contribution in [3.63, 3.8) is 0 Å². The maximum Gasteiger partial charge on any atom is 0.338 e. The summed E-state index contributed by atoms with van der Waals surface area (Å²) in [7, 11) is -3.60. The van der Waals surface area contributed by atoms with Gasteiger partial charge in [0.25, 0.3) is 0 Å². The highest BCUT2D eigenvalue weighted by molar-refractivity contribution is 7.89. The van der Waals surface area contributed by atoms with Crippen LogP contribution < -0.4 is 4.74 Å². The first-order chi connectivity index (χ1) is 15.0. The van der Waals surface area contributed by atoms with Crippen LogP contribution in [0.5, 0.6) is 11.5 Å². The third-order valence-electron chi connectivity index (χ3n) is 4.97. The van der Waals surface area contributed by atoms with Crippen molar-refractivity contribution in [1.82, 2.24) is 9.29 Å². The minimum atomic E-state index is -3.60. The number of hydrogen-bond acceptors (Lipinski definition) is 6. The molecule has 1 fully saturated rings. The Bertz CT molecular complexity index is 1160. The lowest BCUT2D eigenvalue weighted by Crippen LogP contribution is -2.28. The van der Waals surface area contributed by atoms with Gasteiger partial charge in [-0.05, 0) is 49.2 Å². The quantitative estimate of drug-likeness (QED) is 0.518. The monoisotopic (exact) mass is 438 g/mol. The van der Waals surface area contributed by atoms with Crippen molar-refractivity contribution in [1.29, 1.82) is 0 Å². The number of nitrogens with zero attached hydrogens (tertiary/aromatic N) is 2. The Labute approximate surface area is 181 Å². The zero-order valence-electron chi connectivity index (χ0n) is 16.8. The van der Waals surface area contributed by atoms with Crippen LogP contribution in [0.2, 0.25) is 0 Å². The lowest BCUT2D eigenvalue weighted by Gasteiger charge is -2.16. The van der Waals surface area contributed by atoms with Crippen molar-refractivity contribution >= 4 is 16.0 Å². The molecular weight excluding hydrogens is 416 g/mol. The molecule has 1 aromatic heterocycles. The lowest BCUT2D eigenvalue weighted by molar-refractivity contribution is 0.0470. The minimum absolute atomic E-state index is 0.0155. The van der Waals surface area contributed by atoms with Gasteiger partial charge in [-0.2, -0.15) is 4.31 Å². The second-order valence-electron chi connectivity index (χ2n) is 7.11. The van der Waals surface area contributed by atoms with Gasteiger partial charge in [0, 0.05) is 24.8 Å². The van der Waals surface area contributed by atoms with Gasteiger partial charge < -0.3 is 9.47 Å². The van der Waals surface area contributed by atoms with Gasteiger partial charge in [-0.3, -0.25) is 4.98 Å². The van der Waals surface area contributed by atoms with Gasteiger partial charge in [0.15, 0.2) is 0 Å². The van der Waals surface area contributed by atoms with Crippen LogP contribution >= 0.6 is 0 Å².